The molecule has 20 heavy (non-hydrogen) atoms. The highest BCUT2D eigenvalue weighted by atomic mass is 16.4. The largest absolute Gasteiger partial charge is 0.481 e. The molecule has 2 amide bonds. The predicted octanol–water partition coefficient (Wildman–Crippen LogP) is 0.304. The Bertz CT molecular complexity index is 479. The molecule has 0 atom stereocenters. The molecule has 2 N–H and O–H groups in total. The van der Waals surface area contributed by atoms with Gasteiger partial charge in [-0.15, -0.1) is 10.2 Å². The second-order valence-corrected chi connectivity index (χ2v) is 4.79. The first-order chi connectivity index (χ1) is 9.61. The lowest BCUT2D eigenvalue weighted by atomic mass is 9.97. The molecule has 0 unspecified atom stereocenters. The van der Waals surface area contributed by atoms with Gasteiger partial charge in [0.25, 0.3) is 0 Å². The minimum absolute atomic E-state index is 0.181. The molecule has 1 aromatic rings. The maximum Gasteiger partial charge on any atom is 0.317 e. The Hall–Kier alpha value is -2.12. The van der Waals surface area contributed by atoms with Gasteiger partial charge in [-0.25, -0.2) is 4.79 Å². The Morgan fingerprint density at radius 2 is 2.15 bits per heavy atom. The zero-order valence-electron chi connectivity index (χ0n) is 11.4. The molecule has 110 valence electrons. The first kappa shape index (κ1) is 14.3. The number of nitrogens with one attached hydrogen (secondary N) is 1. The molecule has 0 radical (unpaired) electrons. The molecule has 0 aliphatic carbocycles. The van der Waals surface area contributed by atoms with Gasteiger partial charge < -0.3 is 19.9 Å². The lowest BCUT2D eigenvalue weighted by molar-refractivity contribution is -0.143. The zero-order valence-corrected chi connectivity index (χ0v) is 11.4. The number of aromatic nitrogens is 3. The highest BCUT2D eigenvalue weighted by molar-refractivity contribution is 5.75. The van der Waals surface area contributed by atoms with Gasteiger partial charge in [0.05, 0.1) is 12.5 Å². The predicted molar refractivity (Wildman–Crippen MR) is 69.9 cm³/mol. The second-order valence-electron chi connectivity index (χ2n) is 4.79. The van der Waals surface area contributed by atoms with E-state index in [1.54, 1.807) is 11.2 Å². The van der Waals surface area contributed by atoms with Crippen molar-refractivity contribution in [1.29, 1.82) is 0 Å². The molecule has 1 aliphatic heterocycles. The SMILES string of the molecule is CCn1cnnc1CNC(=O)N1CCC(C(=O)O)CC1. The van der Waals surface area contributed by atoms with Gasteiger partial charge in [0.15, 0.2) is 5.82 Å². The average molecular weight is 281 g/mol. The van der Waals surface area contributed by atoms with Crippen LogP contribution >= 0.6 is 0 Å². The summed E-state index contributed by atoms with van der Waals surface area (Å²) in [5, 5.41) is 19.4. The van der Waals surface area contributed by atoms with E-state index >= 15 is 0 Å². The molecule has 2 heterocycles. The van der Waals surface area contributed by atoms with Crippen LogP contribution in [0.25, 0.3) is 0 Å². The van der Waals surface area contributed by atoms with Crippen LogP contribution < -0.4 is 5.32 Å². The monoisotopic (exact) mass is 281 g/mol. The topological polar surface area (TPSA) is 100 Å². The Labute approximate surface area is 116 Å². The Morgan fingerprint density at radius 1 is 1.45 bits per heavy atom. The fourth-order valence-electron chi connectivity index (χ4n) is 2.28. The van der Waals surface area contributed by atoms with Gasteiger partial charge in [-0.3, -0.25) is 4.79 Å². The van der Waals surface area contributed by atoms with Crippen molar-refractivity contribution >= 4 is 12.0 Å². The van der Waals surface area contributed by atoms with Crippen LogP contribution in [0.4, 0.5) is 4.79 Å². The number of amides is 2. The number of likely N-dealkylation sites (tertiary alicyclic amines) is 1. The van der Waals surface area contributed by atoms with E-state index in [0.29, 0.717) is 38.3 Å². The first-order valence-corrected chi connectivity index (χ1v) is 6.74. The maximum absolute atomic E-state index is 12.0. The van der Waals surface area contributed by atoms with Gasteiger partial charge in [0, 0.05) is 19.6 Å². The molecule has 1 aromatic heterocycles. The molecule has 0 spiro atoms. The van der Waals surface area contributed by atoms with Crippen LogP contribution in [0.1, 0.15) is 25.6 Å². The minimum atomic E-state index is -0.777. The van der Waals surface area contributed by atoms with Crippen molar-refractivity contribution in [3.8, 4) is 0 Å². The summed E-state index contributed by atoms with van der Waals surface area (Å²) in [5.41, 5.74) is 0. The van der Waals surface area contributed by atoms with Crippen molar-refractivity contribution in [2.45, 2.75) is 32.9 Å². The summed E-state index contributed by atoms with van der Waals surface area (Å²) < 4.78 is 1.86. The summed E-state index contributed by atoms with van der Waals surface area (Å²) in [6.45, 7) is 4.01. The van der Waals surface area contributed by atoms with Crippen molar-refractivity contribution in [3.63, 3.8) is 0 Å². The van der Waals surface area contributed by atoms with E-state index in [1.165, 1.54) is 0 Å². The molecule has 0 bridgehead atoms. The first-order valence-electron chi connectivity index (χ1n) is 6.74. The number of carbonyl (C=O) groups excluding carboxylic acids is 1. The van der Waals surface area contributed by atoms with Crippen molar-refractivity contribution in [1.82, 2.24) is 25.0 Å². The smallest absolute Gasteiger partial charge is 0.317 e. The molecule has 8 heteroatoms. The summed E-state index contributed by atoms with van der Waals surface area (Å²) in [6, 6.07) is -0.181. The van der Waals surface area contributed by atoms with E-state index in [-0.39, 0.29) is 11.9 Å². The number of carboxylic acid groups (broad SMARTS) is 1. The van der Waals surface area contributed by atoms with E-state index in [0.717, 1.165) is 6.54 Å². The number of hydrogen-bond acceptors (Lipinski definition) is 4. The minimum Gasteiger partial charge on any atom is -0.481 e. The zero-order chi connectivity index (χ0) is 14.5. The van der Waals surface area contributed by atoms with E-state index in [4.69, 9.17) is 5.11 Å². The van der Waals surface area contributed by atoms with Crippen molar-refractivity contribution in [2.75, 3.05) is 13.1 Å². The summed E-state index contributed by atoms with van der Waals surface area (Å²) in [7, 11) is 0. The van der Waals surface area contributed by atoms with Crippen LogP contribution in [0.5, 0.6) is 0 Å². The molecule has 2 rings (SSSR count). The number of hydrogen-bond donors (Lipinski definition) is 2. The number of carbonyl (C=O) groups is 2. The number of rotatable bonds is 4. The Balaban J connectivity index is 1.80. The van der Waals surface area contributed by atoms with Crippen LogP contribution in [-0.4, -0.2) is 49.9 Å². The normalized spacial score (nSPS) is 16.1. The molecular formula is C12H19N5O3. The van der Waals surface area contributed by atoms with Crippen LogP contribution in [-0.2, 0) is 17.9 Å². The third kappa shape index (κ3) is 3.25. The van der Waals surface area contributed by atoms with Gasteiger partial charge in [-0.05, 0) is 19.8 Å². The number of carboxylic acids is 1. The quantitative estimate of drug-likeness (QED) is 0.827. The number of piperidine rings is 1. The lowest BCUT2D eigenvalue weighted by Crippen LogP contribution is -2.45. The molecule has 1 aliphatic rings. The number of aliphatic carboxylic acids is 1. The summed E-state index contributed by atoms with van der Waals surface area (Å²) in [5.74, 6) is -0.399. The third-order valence-corrected chi connectivity index (χ3v) is 3.57. The third-order valence-electron chi connectivity index (χ3n) is 3.57. The molecule has 8 nitrogen and oxygen atoms in total. The van der Waals surface area contributed by atoms with E-state index in [2.05, 4.69) is 15.5 Å². The molecule has 0 aromatic carbocycles. The Morgan fingerprint density at radius 3 is 2.75 bits per heavy atom. The van der Waals surface area contributed by atoms with Gasteiger partial charge in [0.1, 0.15) is 6.33 Å². The number of urea groups is 1. The summed E-state index contributed by atoms with van der Waals surface area (Å²) in [4.78, 5) is 24.5. The highest BCUT2D eigenvalue weighted by Crippen LogP contribution is 2.17. The summed E-state index contributed by atoms with van der Waals surface area (Å²) in [6.07, 6.45) is 2.64. The fourth-order valence-corrected chi connectivity index (χ4v) is 2.28. The van der Waals surface area contributed by atoms with Crippen LogP contribution in [0, 0.1) is 5.92 Å². The van der Waals surface area contributed by atoms with E-state index in [1.807, 2.05) is 11.5 Å². The van der Waals surface area contributed by atoms with Gasteiger partial charge in [-0.2, -0.15) is 0 Å². The molecule has 0 saturated carbocycles. The number of nitrogens with zero attached hydrogens (tertiary/aromatic N) is 4. The molecular weight excluding hydrogens is 262 g/mol. The Kier molecular flexibility index (Phi) is 4.54. The second kappa shape index (κ2) is 6.36. The van der Waals surface area contributed by atoms with E-state index in [9.17, 15) is 9.59 Å². The highest BCUT2D eigenvalue weighted by Gasteiger charge is 2.26. The van der Waals surface area contributed by atoms with E-state index < -0.39 is 5.97 Å². The van der Waals surface area contributed by atoms with Crippen LogP contribution in [0.3, 0.4) is 0 Å². The van der Waals surface area contributed by atoms with Crippen LogP contribution in [0.15, 0.2) is 6.33 Å². The maximum atomic E-state index is 12.0. The number of aryl methyl sites for hydroxylation is 1. The van der Waals surface area contributed by atoms with Crippen molar-refractivity contribution in [3.05, 3.63) is 12.2 Å². The lowest BCUT2D eigenvalue weighted by Gasteiger charge is -2.30. The van der Waals surface area contributed by atoms with Crippen molar-refractivity contribution < 1.29 is 14.7 Å². The standard InChI is InChI=1S/C12H19N5O3/c1-2-16-8-14-15-10(16)7-13-12(20)17-5-3-9(4-6-17)11(18)19/h8-9H,2-7H2,1H3,(H,13,20)(H,18,19). The summed E-state index contributed by atoms with van der Waals surface area (Å²) >= 11 is 0. The van der Waals surface area contributed by atoms with Gasteiger partial charge >= 0.3 is 12.0 Å². The van der Waals surface area contributed by atoms with Crippen LogP contribution in [0.2, 0.25) is 0 Å². The van der Waals surface area contributed by atoms with Gasteiger partial charge in [0.2, 0.25) is 0 Å². The average Bonchev–Trinajstić information content (AvgIpc) is 2.92. The fraction of sp³-hybridized carbons (Fsp3) is 0.667. The van der Waals surface area contributed by atoms with Gasteiger partial charge in [-0.1, -0.05) is 0 Å². The van der Waals surface area contributed by atoms with Crippen molar-refractivity contribution in [2.24, 2.45) is 5.92 Å². The molecule has 1 saturated heterocycles. The molecule has 1 fully saturated rings.